The summed E-state index contributed by atoms with van der Waals surface area (Å²) < 4.78 is 1.40. The lowest BCUT2D eigenvalue weighted by Gasteiger charge is -2.29. The molecule has 0 N–H and O–H groups in total. The highest BCUT2D eigenvalue weighted by atomic mass is 15.4. The van der Waals surface area contributed by atoms with E-state index in [-0.39, 0.29) is 6.85 Å². The molecule has 2 heterocycles. The summed E-state index contributed by atoms with van der Waals surface area (Å²) in [7, 11) is 0. The van der Waals surface area contributed by atoms with Gasteiger partial charge in [-0.05, 0) is 71.1 Å². The molecule has 2 aliphatic rings. The van der Waals surface area contributed by atoms with Crippen LogP contribution in [0.25, 0.3) is 0 Å². The molecule has 2 aromatic carbocycles. The lowest BCUT2D eigenvalue weighted by molar-refractivity contribution is -0.752. The van der Waals surface area contributed by atoms with Crippen molar-refractivity contribution in [3.63, 3.8) is 0 Å². The fourth-order valence-electron chi connectivity index (χ4n) is 6.63. The van der Waals surface area contributed by atoms with Gasteiger partial charge in [-0.2, -0.15) is 0 Å². The second-order valence-electron chi connectivity index (χ2n) is 9.12. The molecular formula is C23H32BN. The van der Waals surface area contributed by atoms with Gasteiger partial charge in [-0.15, -0.1) is 5.46 Å². The summed E-state index contributed by atoms with van der Waals surface area (Å²) in [6.07, 6.45) is 2.82. The van der Waals surface area contributed by atoms with Crippen molar-refractivity contribution in [1.82, 2.24) is 0 Å². The predicted octanol–water partition coefficient (Wildman–Crippen LogP) is 4.37. The van der Waals surface area contributed by atoms with Gasteiger partial charge in [0.25, 0.3) is 6.85 Å². The SMILES string of the molecule is Cc1cc(C)c([BH-]2C(c3c(C)cc(C)cc3C)[N+]23CCCC3)c(C)c1. The molecule has 0 saturated carbocycles. The maximum Gasteiger partial charge on any atom is 0.276 e. The third-order valence-electron chi connectivity index (χ3n) is 7.30. The number of quaternary nitrogens is 1. The van der Waals surface area contributed by atoms with Crippen LogP contribution in [0.5, 0.6) is 0 Å². The summed E-state index contributed by atoms with van der Waals surface area (Å²) in [5.74, 6) is 0.753. The van der Waals surface area contributed by atoms with Gasteiger partial charge in [0.1, 0.15) is 0 Å². The van der Waals surface area contributed by atoms with Gasteiger partial charge in [0.2, 0.25) is 0 Å². The molecule has 0 aliphatic carbocycles. The molecule has 0 bridgehead atoms. The molecule has 25 heavy (non-hydrogen) atoms. The molecule has 132 valence electrons. The zero-order valence-corrected chi connectivity index (χ0v) is 16.9. The second-order valence-corrected chi connectivity index (χ2v) is 9.12. The summed E-state index contributed by atoms with van der Waals surface area (Å²) in [5, 5.41) is 0. The number of rotatable bonds is 2. The standard InChI is InChI=1S/C23H32BN/c1-15-11-17(3)21(18(4)12-15)23-24(25(23)9-7-8-10-25)22-19(5)13-16(2)14-20(22)6/h11-14,23-24H,7-10H2,1-6H3. The van der Waals surface area contributed by atoms with Crippen LogP contribution in [0.15, 0.2) is 24.3 Å². The summed E-state index contributed by atoms with van der Waals surface area (Å²) in [6.45, 7) is 16.3. The minimum atomic E-state index is -0.358. The van der Waals surface area contributed by atoms with Crippen LogP contribution >= 0.6 is 0 Å². The summed E-state index contributed by atoms with van der Waals surface area (Å²) in [6, 6.07) is 9.62. The molecule has 2 atom stereocenters. The summed E-state index contributed by atoms with van der Waals surface area (Å²) in [5.41, 5.74) is 12.3. The van der Waals surface area contributed by atoms with E-state index in [9.17, 15) is 0 Å². The molecule has 1 spiro atoms. The number of hydrogen-bond acceptors (Lipinski definition) is 0. The van der Waals surface area contributed by atoms with Gasteiger partial charge in [-0.25, -0.2) is 0 Å². The maximum absolute atomic E-state index is 2.41. The van der Waals surface area contributed by atoms with E-state index in [1.54, 1.807) is 11.0 Å². The molecule has 2 aliphatic heterocycles. The lowest BCUT2D eigenvalue weighted by atomic mass is 9.58. The second kappa shape index (κ2) is 5.74. The van der Waals surface area contributed by atoms with E-state index in [1.165, 1.54) is 63.7 Å². The van der Waals surface area contributed by atoms with Gasteiger partial charge in [-0.1, -0.05) is 46.5 Å². The Balaban J connectivity index is 1.87. The molecule has 2 heteroatoms. The molecule has 4 rings (SSSR count). The average Bonchev–Trinajstić information content (AvgIpc) is 2.88. The highest BCUT2D eigenvalue weighted by Crippen LogP contribution is 2.54. The fraction of sp³-hybridized carbons (Fsp3) is 0.478. The van der Waals surface area contributed by atoms with Crippen molar-refractivity contribution in [2.75, 3.05) is 13.1 Å². The zero-order chi connectivity index (χ0) is 17.9. The Bertz CT molecular complexity index is 734. The Morgan fingerprint density at radius 3 is 1.64 bits per heavy atom. The van der Waals surface area contributed by atoms with Crippen LogP contribution in [-0.4, -0.2) is 24.3 Å². The van der Waals surface area contributed by atoms with E-state index in [4.69, 9.17) is 0 Å². The third kappa shape index (κ3) is 2.49. The minimum Gasteiger partial charge on any atom is -0.529 e. The van der Waals surface area contributed by atoms with Gasteiger partial charge >= 0.3 is 0 Å². The van der Waals surface area contributed by atoms with Crippen molar-refractivity contribution in [2.45, 2.75) is 60.3 Å². The fourth-order valence-corrected chi connectivity index (χ4v) is 6.63. The smallest absolute Gasteiger partial charge is 0.276 e. The maximum atomic E-state index is 2.41. The van der Waals surface area contributed by atoms with E-state index in [2.05, 4.69) is 65.8 Å². The molecule has 2 fully saturated rings. The first-order valence-electron chi connectivity index (χ1n) is 10.1. The van der Waals surface area contributed by atoms with Gasteiger partial charge in [0, 0.05) is 19.0 Å². The Labute approximate surface area is 153 Å². The van der Waals surface area contributed by atoms with Crippen molar-refractivity contribution in [3.05, 3.63) is 63.2 Å². The molecule has 0 aromatic heterocycles. The third-order valence-corrected chi connectivity index (χ3v) is 7.30. The number of nitrogens with zero attached hydrogens (tertiary/aromatic N) is 1. The highest BCUT2D eigenvalue weighted by Gasteiger charge is 2.61. The van der Waals surface area contributed by atoms with Gasteiger partial charge in [0.05, 0.1) is 0 Å². The first-order valence-corrected chi connectivity index (χ1v) is 10.1. The molecule has 1 nitrogen and oxygen atoms in total. The van der Waals surface area contributed by atoms with Crippen LogP contribution in [0.3, 0.4) is 0 Å². The van der Waals surface area contributed by atoms with Crippen LogP contribution in [0.1, 0.15) is 57.7 Å². The normalized spacial score (nSPS) is 24.1. The molecule has 2 unspecified atom stereocenters. The molecule has 0 radical (unpaired) electrons. The monoisotopic (exact) mass is 333 g/mol. The number of benzene rings is 2. The van der Waals surface area contributed by atoms with Crippen molar-refractivity contribution in [3.8, 4) is 0 Å². The summed E-state index contributed by atoms with van der Waals surface area (Å²) in [4.78, 5) is 0. The van der Waals surface area contributed by atoms with Crippen LogP contribution in [0.4, 0.5) is 0 Å². The summed E-state index contributed by atoms with van der Waals surface area (Å²) >= 11 is 0. The van der Waals surface area contributed by atoms with Crippen molar-refractivity contribution < 1.29 is 4.39 Å². The van der Waals surface area contributed by atoms with E-state index in [1.807, 2.05) is 0 Å². The van der Waals surface area contributed by atoms with Crippen LogP contribution in [0.2, 0.25) is 0 Å². The average molecular weight is 333 g/mol. The number of hydrogen-bond donors (Lipinski definition) is 0. The van der Waals surface area contributed by atoms with Crippen molar-refractivity contribution >= 4 is 12.3 Å². The van der Waals surface area contributed by atoms with Gasteiger partial charge in [-0.3, -0.25) is 0 Å². The van der Waals surface area contributed by atoms with Crippen LogP contribution in [-0.2, 0) is 0 Å². The van der Waals surface area contributed by atoms with E-state index < -0.39 is 0 Å². The van der Waals surface area contributed by atoms with Crippen molar-refractivity contribution in [1.29, 1.82) is 0 Å². The highest BCUT2D eigenvalue weighted by molar-refractivity contribution is 6.75. The van der Waals surface area contributed by atoms with Crippen LogP contribution in [0, 0.1) is 41.5 Å². The van der Waals surface area contributed by atoms with Gasteiger partial charge < -0.3 is 4.39 Å². The zero-order valence-electron chi connectivity index (χ0n) is 16.9. The number of aryl methyl sites for hydroxylation is 6. The molecule has 0 amide bonds. The minimum absolute atomic E-state index is 0.358. The Morgan fingerprint density at radius 1 is 0.720 bits per heavy atom. The largest absolute Gasteiger partial charge is 0.529 e. The molecule has 2 aromatic rings. The van der Waals surface area contributed by atoms with E-state index in [0.717, 1.165) is 5.94 Å². The quantitative estimate of drug-likeness (QED) is 0.565. The van der Waals surface area contributed by atoms with Crippen LogP contribution < -0.4 is 5.46 Å². The topological polar surface area (TPSA) is 0 Å². The first-order chi connectivity index (χ1) is 11.8. The Kier molecular flexibility index (Phi) is 3.88. The van der Waals surface area contributed by atoms with E-state index >= 15 is 0 Å². The Hall–Kier alpha value is -1.54. The molecular weight excluding hydrogens is 301 g/mol. The first kappa shape index (κ1) is 16.9. The lowest BCUT2D eigenvalue weighted by Crippen LogP contribution is -2.37. The predicted molar refractivity (Wildman–Crippen MR) is 110 cm³/mol. The van der Waals surface area contributed by atoms with E-state index in [0.29, 0.717) is 0 Å². The Morgan fingerprint density at radius 2 is 1.16 bits per heavy atom. The molecule has 2 saturated heterocycles. The van der Waals surface area contributed by atoms with Gasteiger partial charge in [0.15, 0.2) is 0 Å². The van der Waals surface area contributed by atoms with Crippen molar-refractivity contribution in [2.24, 2.45) is 0 Å².